The number of hydrazine groups is 1. The topological polar surface area (TPSA) is 220 Å². The number of benzene rings is 4. The Morgan fingerprint density at radius 3 is 2.46 bits per heavy atom. The Hall–Kier alpha value is -6.68. The van der Waals surface area contributed by atoms with Crippen molar-refractivity contribution in [2.45, 2.75) is 33.2 Å². The third kappa shape index (κ3) is 8.23. The fourth-order valence-electron chi connectivity index (χ4n) is 5.05. The molecule has 1 aromatic heterocycles. The largest absolute Gasteiger partial charge is 0.515 e. The van der Waals surface area contributed by atoms with E-state index in [-0.39, 0.29) is 23.8 Å². The molecule has 0 fully saturated rings. The summed E-state index contributed by atoms with van der Waals surface area (Å²) in [6.45, 7) is 3.65. The molecule has 0 radical (unpaired) electrons. The molecule has 0 aliphatic carbocycles. The van der Waals surface area contributed by atoms with Gasteiger partial charge in [0, 0.05) is 5.56 Å². The maximum Gasteiger partial charge on any atom is 0.515 e. The number of imidazole rings is 1. The summed E-state index contributed by atoms with van der Waals surface area (Å²) in [5, 5.41) is 24.4. The van der Waals surface area contributed by atoms with Gasteiger partial charge in [0.05, 0.1) is 29.7 Å². The predicted octanol–water partition coefficient (Wildman–Crippen LogP) is 4.91. The molecule has 0 saturated carbocycles. The standard InChI is InChI=1S/C34H33N7O9/c1-3-47-33-37-29-13-7-12-28(32(42)43)30(29)39(33)19-22-14-16-24(17-15-22)26-10-4-5-11-27(26)31(35)38-40(36)21(2)49-34(44)50-25-9-6-8-23(18-25)20-48-41(45)46/h4-18,21H,3,19-20,36H2,1-2H3,(H2,35,38)(H,42,43). The molecule has 16 nitrogen and oxygen atoms in total. The number of nitrogens with two attached hydrogens (primary N) is 2. The van der Waals surface area contributed by atoms with Gasteiger partial charge in [-0.05, 0) is 60.4 Å². The van der Waals surface area contributed by atoms with Crippen molar-refractivity contribution in [2.24, 2.45) is 16.7 Å². The fraction of sp³-hybridized carbons (Fsp3) is 0.176. The van der Waals surface area contributed by atoms with Crippen molar-refractivity contribution < 1.29 is 38.8 Å². The Kier molecular flexibility index (Phi) is 10.7. The zero-order valence-corrected chi connectivity index (χ0v) is 27.0. The zero-order valence-electron chi connectivity index (χ0n) is 27.0. The second-order valence-corrected chi connectivity index (χ2v) is 10.7. The average Bonchev–Trinajstić information content (AvgIpc) is 3.44. The number of amidine groups is 1. The van der Waals surface area contributed by atoms with Crippen LogP contribution in [-0.2, 0) is 22.7 Å². The SMILES string of the molecule is CCOc1nc2cccc(C(=O)O)c2n1Cc1ccc(-c2ccccc2/C(N)=N/N(N)C(C)OC(=O)Oc2cccc(CO[N+](=O)[O-])c2)cc1. The highest BCUT2D eigenvalue weighted by atomic mass is 16.9. The summed E-state index contributed by atoms with van der Waals surface area (Å²) < 4.78 is 17.9. The lowest BCUT2D eigenvalue weighted by Gasteiger charge is -2.21. The monoisotopic (exact) mass is 683 g/mol. The van der Waals surface area contributed by atoms with Crippen LogP contribution in [0.2, 0.25) is 0 Å². The molecule has 50 heavy (non-hydrogen) atoms. The number of carboxylic acids is 1. The Morgan fingerprint density at radius 2 is 1.74 bits per heavy atom. The molecule has 1 atom stereocenters. The molecule has 5 N–H and O–H groups in total. The van der Waals surface area contributed by atoms with Crippen molar-refractivity contribution >= 4 is 29.0 Å². The average molecular weight is 684 g/mol. The van der Waals surface area contributed by atoms with E-state index in [0.29, 0.717) is 41.3 Å². The van der Waals surface area contributed by atoms with Crippen molar-refractivity contribution in [3.8, 4) is 22.9 Å². The van der Waals surface area contributed by atoms with Gasteiger partial charge in [-0.2, -0.15) is 10.1 Å². The molecule has 16 heteroatoms. The smallest absolute Gasteiger partial charge is 0.478 e. The van der Waals surface area contributed by atoms with Crippen LogP contribution in [0.4, 0.5) is 4.79 Å². The molecule has 0 spiro atoms. The van der Waals surface area contributed by atoms with Gasteiger partial charge >= 0.3 is 12.1 Å². The number of aromatic carboxylic acids is 1. The third-order valence-corrected chi connectivity index (χ3v) is 7.34. The summed E-state index contributed by atoms with van der Waals surface area (Å²) in [6.07, 6.45) is -2.19. The predicted molar refractivity (Wildman–Crippen MR) is 180 cm³/mol. The molecule has 1 unspecified atom stereocenters. The maximum absolute atomic E-state index is 12.4. The summed E-state index contributed by atoms with van der Waals surface area (Å²) in [4.78, 5) is 43.7. The van der Waals surface area contributed by atoms with Crippen LogP contribution >= 0.6 is 0 Å². The quantitative estimate of drug-likeness (QED) is 0.0207. The Labute approximate surface area is 285 Å². The van der Waals surface area contributed by atoms with Gasteiger partial charge in [-0.1, -0.05) is 66.7 Å². The van der Waals surface area contributed by atoms with E-state index >= 15 is 0 Å². The third-order valence-electron chi connectivity index (χ3n) is 7.34. The number of hydrazone groups is 1. The highest BCUT2D eigenvalue weighted by molar-refractivity contribution is 6.03. The number of para-hydroxylation sites is 1. The van der Waals surface area contributed by atoms with E-state index in [0.717, 1.165) is 21.8 Å². The number of carbonyl (C=O) groups excluding carboxylic acids is 1. The van der Waals surface area contributed by atoms with Crippen molar-refractivity contribution in [3.63, 3.8) is 0 Å². The van der Waals surface area contributed by atoms with Crippen LogP contribution in [0.25, 0.3) is 22.2 Å². The minimum Gasteiger partial charge on any atom is -0.478 e. The first-order chi connectivity index (χ1) is 24.0. The van der Waals surface area contributed by atoms with E-state index in [1.54, 1.807) is 34.9 Å². The highest BCUT2D eigenvalue weighted by Gasteiger charge is 2.20. The van der Waals surface area contributed by atoms with Crippen molar-refractivity contribution in [1.29, 1.82) is 0 Å². The number of hydrogen-bond donors (Lipinski definition) is 3. The molecule has 5 rings (SSSR count). The summed E-state index contributed by atoms with van der Waals surface area (Å²) in [5.41, 5.74) is 10.9. The fourth-order valence-corrected chi connectivity index (χ4v) is 5.05. The molecule has 0 aliphatic rings. The molecule has 4 aromatic carbocycles. The number of nitrogens with zero attached hydrogens (tertiary/aromatic N) is 5. The van der Waals surface area contributed by atoms with E-state index in [4.69, 9.17) is 25.8 Å². The van der Waals surface area contributed by atoms with Gasteiger partial charge < -0.3 is 29.9 Å². The highest BCUT2D eigenvalue weighted by Crippen LogP contribution is 2.28. The van der Waals surface area contributed by atoms with Crippen molar-refractivity contribution in [1.82, 2.24) is 14.7 Å². The molecule has 258 valence electrons. The normalized spacial score (nSPS) is 11.9. The van der Waals surface area contributed by atoms with Gasteiger partial charge in [0.15, 0.2) is 5.84 Å². The lowest BCUT2D eigenvalue weighted by atomic mass is 9.98. The molecule has 1 heterocycles. The maximum atomic E-state index is 12.4. The van der Waals surface area contributed by atoms with E-state index in [1.807, 2.05) is 43.3 Å². The van der Waals surface area contributed by atoms with Crippen LogP contribution in [-0.4, -0.2) is 55.7 Å². The van der Waals surface area contributed by atoms with Gasteiger partial charge in [-0.25, -0.2) is 15.4 Å². The second kappa shape index (κ2) is 15.5. The van der Waals surface area contributed by atoms with E-state index in [9.17, 15) is 24.8 Å². The molecular weight excluding hydrogens is 650 g/mol. The molecule has 0 aliphatic heterocycles. The Balaban J connectivity index is 1.29. The van der Waals surface area contributed by atoms with Crippen LogP contribution in [0.1, 0.15) is 40.9 Å². The van der Waals surface area contributed by atoms with Crippen LogP contribution in [0, 0.1) is 10.1 Å². The van der Waals surface area contributed by atoms with Crippen LogP contribution in [0.15, 0.2) is 96.1 Å². The van der Waals surface area contributed by atoms with Crippen LogP contribution in [0.5, 0.6) is 11.8 Å². The molecule has 5 aromatic rings. The van der Waals surface area contributed by atoms with Gasteiger partial charge in [0.1, 0.15) is 12.4 Å². The van der Waals surface area contributed by atoms with Gasteiger partial charge in [-0.3, -0.25) is 4.57 Å². The Morgan fingerprint density at radius 1 is 1.02 bits per heavy atom. The van der Waals surface area contributed by atoms with E-state index < -0.39 is 23.4 Å². The minimum atomic E-state index is -1.10. The molecule has 0 saturated heterocycles. The Bertz CT molecular complexity index is 2050. The number of fused-ring (bicyclic) bond motifs is 1. The first-order valence-electron chi connectivity index (χ1n) is 15.2. The zero-order chi connectivity index (χ0) is 35.8. The molecular formula is C34H33N7O9. The molecule has 0 bridgehead atoms. The second-order valence-electron chi connectivity index (χ2n) is 10.7. The number of rotatable bonds is 14. The summed E-state index contributed by atoms with van der Waals surface area (Å²) in [5.74, 6) is 5.12. The number of aromatic nitrogens is 2. The number of carbonyl (C=O) groups is 2. The molecule has 0 amide bonds. The van der Waals surface area contributed by atoms with Gasteiger partial charge in [0.25, 0.3) is 11.1 Å². The number of hydrogen-bond acceptors (Lipinski definition) is 12. The first-order valence-corrected chi connectivity index (χ1v) is 15.2. The lowest BCUT2D eigenvalue weighted by molar-refractivity contribution is -0.763. The number of carboxylic acid groups (broad SMARTS) is 1. The van der Waals surface area contributed by atoms with Crippen molar-refractivity contribution in [3.05, 3.63) is 123 Å². The van der Waals surface area contributed by atoms with E-state index in [2.05, 4.69) is 14.9 Å². The van der Waals surface area contributed by atoms with Gasteiger partial charge in [-0.15, -0.1) is 15.2 Å². The summed E-state index contributed by atoms with van der Waals surface area (Å²) in [7, 11) is 0. The van der Waals surface area contributed by atoms with E-state index in [1.165, 1.54) is 31.2 Å². The summed E-state index contributed by atoms with van der Waals surface area (Å²) in [6, 6.07) is 26.1. The minimum absolute atomic E-state index is 0.0435. The number of ether oxygens (including phenoxy) is 3. The van der Waals surface area contributed by atoms with Gasteiger partial charge in [0.2, 0.25) is 6.23 Å². The summed E-state index contributed by atoms with van der Waals surface area (Å²) >= 11 is 0. The van der Waals surface area contributed by atoms with Crippen LogP contribution < -0.4 is 21.1 Å². The van der Waals surface area contributed by atoms with Crippen molar-refractivity contribution in [2.75, 3.05) is 6.61 Å². The lowest BCUT2D eigenvalue weighted by Crippen LogP contribution is -2.40. The van der Waals surface area contributed by atoms with Crippen LogP contribution in [0.3, 0.4) is 0 Å². The first kappa shape index (κ1) is 34.6.